The predicted octanol–water partition coefficient (Wildman–Crippen LogP) is 5.12. The number of likely N-dealkylation sites (tertiary alicyclic amines) is 1. The summed E-state index contributed by atoms with van der Waals surface area (Å²) in [6.45, 7) is 8.74. The summed E-state index contributed by atoms with van der Waals surface area (Å²) in [5.74, 6) is 1.92. The van der Waals surface area contributed by atoms with Crippen LogP contribution < -0.4 is 5.73 Å². The van der Waals surface area contributed by atoms with Gasteiger partial charge in [0.1, 0.15) is 5.69 Å². The first-order valence-electron chi connectivity index (χ1n) is 13.4. The van der Waals surface area contributed by atoms with Crippen molar-refractivity contribution in [3.8, 4) is 22.7 Å². The molecule has 5 rings (SSSR count). The summed E-state index contributed by atoms with van der Waals surface area (Å²) in [5, 5.41) is 4.40. The van der Waals surface area contributed by atoms with Crippen LogP contribution in [0.4, 0.5) is 5.95 Å². The Kier molecular flexibility index (Phi) is 7.46. The number of rotatable bonds is 6. The van der Waals surface area contributed by atoms with Gasteiger partial charge in [-0.3, -0.25) is 4.98 Å². The van der Waals surface area contributed by atoms with E-state index in [0.29, 0.717) is 23.3 Å². The standard InChI is InChI=1S/C29H36N8O/c1-19(2)29(3,23-10-8-20(9-11-23)22-15-33-28(30)34-16-22)27-35-26(38-36-27)25-18-31-24(17-32-25)21-7-5-6-13-37(4)14-12-21/h8-11,15-19,21H,5-7,12-14H2,1-4H3,(H2,30,33,34). The zero-order valence-electron chi connectivity index (χ0n) is 22.6. The van der Waals surface area contributed by atoms with Crippen molar-refractivity contribution < 1.29 is 4.52 Å². The third-order valence-electron chi connectivity index (χ3n) is 8.05. The number of nitrogens with zero attached hydrogens (tertiary/aromatic N) is 7. The van der Waals surface area contributed by atoms with E-state index in [9.17, 15) is 0 Å². The molecule has 4 heterocycles. The third kappa shape index (κ3) is 5.29. The first-order valence-corrected chi connectivity index (χ1v) is 13.4. The van der Waals surface area contributed by atoms with Gasteiger partial charge in [0.15, 0.2) is 5.82 Å². The van der Waals surface area contributed by atoms with E-state index < -0.39 is 5.41 Å². The summed E-state index contributed by atoms with van der Waals surface area (Å²) in [6.07, 6.45) is 11.8. The highest BCUT2D eigenvalue weighted by molar-refractivity contribution is 5.62. The van der Waals surface area contributed by atoms with Gasteiger partial charge >= 0.3 is 0 Å². The van der Waals surface area contributed by atoms with Crippen molar-refractivity contribution in [1.29, 1.82) is 0 Å². The van der Waals surface area contributed by atoms with Gasteiger partial charge in [0.2, 0.25) is 5.95 Å². The largest absolute Gasteiger partial charge is 0.368 e. The molecule has 9 heteroatoms. The maximum atomic E-state index is 5.71. The monoisotopic (exact) mass is 512 g/mol. The number of aromatic nitrogens is 6. The Morgan fingerprint density at radius 3 is 2.37 bits per heavy atom. The summed E-state index contributed by atoms with van der Waals surface area (Å²) >= 11 is 0. The zero-order chi connectivity index (χ0) is 26.7. The molecule has 1 fully saturated rings. The van der Waals surface area contributed by atoms with Crippen molar-refractivity contribution in [2.45, 2.75) is 57.8 Å². The Labute approximate surface area is 224 Å². The molecule has 0 saturated carbocycles. The van der Waals surface area contributed by atoms with E-state index in [0.717, 1.165) is 41.8 Å². The van der Waals surface area contributed by atoms with E-state index >= 15 is 0 Å². The first kappa shape index (κ1) is 25.9. The van der Waals surface area contributed by atoms with Crippen LogP contribution >= 0.6 is 0 Å². The predicted molar refractivity (Wildman–Crippen MR) is 147 cm³/mol. The second-order valence-corrected chi connectivity index (χ2v) is 10.8. The molecule has 1 aliphatic rings. The molecule has 9 nitrogen and oxygen atoms in total. The molecule has 2 atom stereocenters. The Morgan fingerprint density at radius 2 is 1.68 bits per heavy atom. The van der Waals surface area contributed by atoms with E-state index in [4.69, 9.17) is 20.2 Å². The second kappa shape index (κ2) is 10.9. The van der Waals surface area contributed by atoms with Gasteiger partial charge in [0.05, 0.1) is 17.3 Å². The first-order chi connectivity index (χ1) is 18.3. The van der Waals surface area contributed by atoms with Crippen LogP contribution in [0.25, 0.3) is 22.7 Å². The van der Waals surface area contributed by atoms with Crippen molar-refractivity contribution in [2.24, 2.45) is 5.92 Å². The van der Waals surface area contributed by atoms with Gasteiger partial charge in [0.25, 0.3) is 5.89 Å². The van der Waals surface area contributed by atoms with Crippen molar-refractivity contribution in [2.75, 3.05) is 25.9 Å². The number of anilines is 1. The lowest BCUT2D eigenvalue weighted by Gasteiger charge is -2.31. The maximum absolute atomic E-state index is 5.71. The van der Waals surface area contributed by atoms with Crippen LogP contribution in [0.3, 0.4) is 0 Å². The minimum atomic E-state index is -0.462. The number of hydrogen-bond acceptors (Lipinski definition) is 9. The van der Waals surface area contributed by atoms with Gasteiger partial charge in [0, 0.05) is 30.1 Å². The van der Waals surface area contributed by atoms with Gasteiger partial charge in [-0.05, 0) is 63.4 Å². The molecule has 2 N–H and O–H groups in total. The van der Waals surface area contributed by atoms with E-state index in [-0.39, 0.29) is 11.9 Å². The molecular weight excluding hydrogens is 476 g/mol. The van der Waals surface area contributed by atoms with Crippen LogP contribution in [-0.4, -0.2) is 55.1 Å². The smallest absolute Gasteiger partial charge is 0.278 e. The van der Waals surface area contributed by atoms with E-state index in [2.05, 4.69) is 77.1 Å². The fraction of sp³-hybridized carbons (Fsp3) is 0.448. The molecule has 0 bridgehead atoms. The molecule has 38 heavy (non-hydrogen) atoms. The molecule has 0 amide bonds. The lowest BCUT2D eigenvalue weighted by atomic mass is 9.72. The molecule has 2 unspecified atom stereocenters. The Morgan fingerprint density at radius 1 is 0.921 bits per heavy atom. The van der Waals surface area contributed by atoms with Crippen molar-refractivity contribution in [3.05, 3.63) is 66.1 Å². The van der Waals surface area contributed by atoms with Crippen molar-refractivity contribution in [3.63, 3.8) is 0 Å². The lowest BCUT2D eigenvalue weighted by Crippen LogP contribution is -2.31. The highest BCUT2D eigenvalue weighted by Gasteiger charge is 2.37. The summed E-state index contributed by atoms with van der Waals surface area (Å²) in [6, 6.07) is 8.32. The quantitative estimate of drug-likeness (QED) is 0.375. The van der Waals surface area contributed by atoms with Gasteiger partial charge in [-0.25, -0.2) is 15.0 Å². The van der Waals surface area contributed by atoms with Crippen LogP contribution in [0.5, 0.6) is 0 Å². The number of nitrogen functional groups attached to an aromatic ring is 1. The minimum Gasteiger partial charge on any atom is -0.368 e. The van der Waals surface area contributed by atoms with Crippen LogP contribution in [0.2, 0.25) is 0 Å². The number of benzene rings is 1. The highest BCUT2D eigenvalue weighted by Crippen LogP contribution is 2.39. The molecule has 1 saturated heterocycles. The molecule has 0 aliphatic carbocycles. The second-order valence-electron chi connectivity index (χ2n) is 10.8. The molecule has 1 aromatic carbocycles. The molecule has 0 spiro atoms. The summed E-state index contributed by atoms with van der Waals surface area (Å²) < 4.78 is 5.71. The van der Waals surface area contributed by atoms with Crippen LogP contribution in [0.1, 0.15) is 69.5 Å². The Bertz CT molecular complexity index is 1330. The van der Waals surface area contributed by atoms with E-state index in [1.165, 1.54) is 19.4 Å². The van der Waals surface area contributed by atoms with E-state index in [1.54, 1.807) is 18.6 Å². The molecule has 4 aromatic rings. The SMILES string of the molecule is CC(C)C(C)(c1ccc(-c2cnc(N)nc2)cc1)c1noc(-c2cnc(C3CCCCN(C)CC3)cn2)n1. The van der Waals surface area contributed by atoms with Crippen LogP contribution in [0.15, 0.2) is 53.6 Å². The Hall–Kier alpha value is -3.72. The van der Waals surface area contributed by atoms with Crippen LogP contribution in [0, 0.1) is 5.92 Å². The van der Waals surface area contributed by atoms with Gasteiger partial charge in [-0.2, -0.15) is 4.98 Å². The van der Waals surface area contributed by atoms with Gasteiger partial charge in [-0.15, -0.1) is 0 Å². The fourth-order valence-corrected chi connectivity index (χ4v) is 5.11. The van der Waals surface area contributed by atoms with Crippen LogP contribution in [-0.2, 0) is 5.41 Å². The van der Waals surface area contributed by atoms with Gasteiger partial charge < -0.3 is 15.2 Å². The maximum Gasteiger partial charge on any atom is 0.278 e. The average molecular weight is 513 g/mol. The molecule has 198 valence electrons. The summed E-state index contributed by atoms with van der Waals surface area (Å²) in [7, 11) is 2.19. The number of hydrogen-bond donors (Lipinski definition) is 1. The number of nitrogens with two attached hydrogens (primary N) is 1. The summed E-state index contributed by atoms with van der Waals surface area (Å²) in [4.78, 5) is 24.8. The van der Waals surface area contributed by atoms with Crippen molar-refractivity contribution >= 4 is 5.95 Å². The lowest BCUT2D eigenvalue weighted by molar-refractivity contribution is 0.282. The molecular formula is C29H36N8O. The molecule has 0 radical (unpaired) electrons. The Balaban J connectivity index is 1.37. The average Bonchev–Trinajstić information content (AvgIpc) is 3.42. The molecule has 1 aliphatic heterocycles. The fourth-order valence-electron chi connectivity index (χ4n) is 5.11. The minimum absolute atomic E-state index is 0.213. The highest BCUT2D eigenvalue weighted by atomic mass is 16.5. The third-order valence-corrected chi connectivity index (χ3v) is 8.05. The zero-order valence-corrected chi connectivity index (χ0v) is 22.6. The van der Waals surface area contributed by atoms with E-state index in [1.807, 2.05) is 6.20 Å². The topological polar surface area (TPSA) is 120 Å². The summed E-state index contributed by atoms with van der Waals surface area (Å²) in [5.41, 5.74) is 9.83. The van der Waals surface area contributed by atoms with Crippen molar-refractivity contribution in [1.82, 2.24) is 35.0 Å². The molecule has 3 aromatic heterocycles. The van der Waals surface area contributed by atoms with Gasteiger partial charge in [-0.1, -0.05) is 49.7 Å². The normalized spacial score (nSPS) is 18.6.